The van der Waals surface area contributed by atoms with Crippen molar-refractivity contribution in [1.29, 1.82) is 0 Å². The van der Waals surface area contributed by atoms with E-state index < -0.39 is 0 Å². The monoisotopic (exact) mass is 397 g/mol. The molecule has 4 rings (SSSR count). The summed E-state index contributed by atoms with van der Waals surface area (Å²) in [6.45, 7) is 4.37. The van der Waals surface area contributed by atoms with E-state index in [4.69, 9.17) is 0 Å². The highest BCUT2D eigenvalue weighted by molar-refractivity contribution is 7.99. The Bertz CT molecular complexity index is 1010. The molecule has 1 fully saturated rings. The van der Waals surface area contributed by atoms with Gasteiger partial charge in [0.1, 0.15) is 5.52 Å². The molecule has 0 saturated heterocycles. The normalized spacial score (nSPS) is 20.0. The molecule has 1 aromatic carbocycles. The van der Waals surface area contributed by atoms with Gasteiger partial charge in [0.2, 0.25) is 11.1 Å². The van der Waals surface area contributed by atoms with Gasteiger partial charge in [-0.05, 0) is 42.9 Å². The van der Waals surface area contributed by atoms with Gasteiger partial charge in [-0.2, -0.15) is 0 Å². The number of hydrogen-bond donors (Lipinski definition) is 1. The molecule has 2 atom stereocenters. The minimum Gasteiger partial charge on any atom is -0.352 e. The maximum atomic E-state index is 12.4. The molecule has 2 aromatic heterocycles. The number of benzene rings is 1. The van der Waals surface area contributed by atoms with E-state index in [1.54, 1.807) is 0 Å². The standard InChI is InChI=1S/C21H27N5OS/c1-4-14-9-10-17-15(11-14)19-20(26(17)3)23-21(25-24-19)28-12-18(27)22-16-8-6-5-7-13(16)2/h9-11,13,16H,4-8,12H2,1-3H3,(H,22,27)/t13-,16-/m0/s1. The van der Waals surface area contributed by atoms with Gasteiger partial charge < -0.3 is 9.88 Å². The lowest BCUT2D eigenvalue weighted by atomic mass is 9.86. The number of rotatable bonds is 5. The SMILES string of the molecule is CCc1ccc2c(c1)c1nnc(SCC(=O)N[C@H]3CCCC[C@@H]3C)nc1n2C. The van der Waals surface area contributed by atoms with E-state index in [0.717, 1.165) is 34.9 Å². The van der Waals surface area contributed by atoms with Crippen molar-refractivity contribution in [3.8, 4) is 0 Å². The Kier molecular flexibility index (Phi) is 5.53. The highest BCUT2D eigenvalue weighted by Gasteiger charge is 2.23. The molecule has 28 heavy (non-hydrogen) atoms. The number of aromatic nitrogens is 4. The zero-order valence-corrected chi connectivity index (χ0v) is 17.6. The Hall–Kier alpha value is -2.15. The summed E-state index contributed by atoms with van der Waals surface area (Å²) < 4.78 is 2.05. The number of aryl methyl sites for hydroxylation is 2. The van der Waals surface area contributed by atoms with Gasteiger partial charge in [-0.15, -0.1) is 10.2 Å². The van der Waals surface area contributed by atoms with Gasteiger partial charge in [-0.25, -0.2) is 4.98 Å². The lowest BCUT2D eigenvalue weighted by Crippen LogP contribution is -2.41. The van der Waals surface area contributed by atoms with Crippen LogP contribution in [-0.2, 0) is 18.3 Å². The Balaban J connectivity index is 1.49. The second kappa shape index (κ2) is 8.07. The van der Waals surface area contributed by atoms with E-state index in [1.165, 1.54) is 36.6 Å². The third kappa shape index (κ3) is 3.72. The smallest absolute Gasteiger partial charge is 0.230 e. The second-order valence-corrected chi connectivity index (χ2v) is 8.70. The van der Waals surface area contributed by atoms with Crippen molar-refractivity contribution in [2.75, 3.05) is 5.75 Å². The average Bonchev–Trinajstić information content (AvgIpc) is 2.99. The molecule has 3 aromatic rings. The molecule has 1 amide bonds. The largest absolute Gasteiger partial charge is 0.352 e. The fourth-order valence-electron chi connectivity index (χ4n) is 4.08. The number of hydrogen-bond acceptors (Lipinski definition) is 5. The molecule has 6 nitrogen and oxygen atoms in total. The van der Waals surface area contributed by atoms with E-state index in [0.29, 0.717) is 22.9 Å². The molecule has 0 spiro atoms. The van der Waals surface area contributed by atoms with Crippen LogP contribution in [0.25, 0.3) is 22.1 Å². The van der Waals surface area contributed by atoms with Crippen molar-refractivity contribution in [3.05, 3.63) is 23.8 Å². The molecule has 0 unspecified atom stereocenters. The predicted molar refractivity (Wildman–Crippen MR) is 113 cm³/mol. The number of nitrogens with zero attached hydrogens (tertiary/aromatic N) is 4. The highest BCUT2D eigenvalue weighted by Crippen LogP contribution is 2.27. The lowest BCUT2D eigenvalue weighted by molar-refractivity contribution is -0.119. The van der Waals surface area contributed by atoms with E-state index in [-0.39, 0.29) is 5.91 Å². The summed E-state index contributed by atoms with van der Waals surface area (Å²) in [6.07, 6.45) is 5.73. The Labute approximate surface area is 169 Å². The third-order valence-electron chi connectivity index (χ3n) is 5.84. The van der Waals surface area contributed by atoms with Crippen LogP contribution in [0, 0.1) is 5.92 Å². The van der Waals surface area contributed by atoms with E-state index in [1.807, 2.05) is 11.6 Å². The maximum absolute atomic E-state index is 12.4. The van der Waals surface area contributed by atoms with Crippen LogP contribution in [0.1, 0.15) is 45.1 Å². The van der Waals surface area contributed by atoms with Crippen LogP contribution in [0.3, 0.4) is 0 Å². The number of carbonyl (C=O) groups excluding carboxylic acids is 1. The van der Waals surface area contributed by atoms with Crippen LogP contribution in [0.2, 0.25) is 0 Å². The first-order chi connectivity index (χ1) is 13.6. The van der Waals surface area contributed by atoms with Gasteiger partial charge in [0.05, 0.1) is 11.3 Å². The van der Waals surface area contributed by atoms with E-state index >= 15 is 0 Å². The van der Waals surface area contributed by atoms with E-state index in [2.05, 4.69) is 52.5 Å². The molecular formula is C21H27N5OS. The highest BCUT2D eigenvalue weighted by atomic mass is 32.2. The van der Waals surface area contributed by atoms with Crippen molar-refractivity contribution >= 4 is 39.7 Å². The van der Waals surface area contributed by atoms with Crippen LogP contribution in [0.15, 0.2) is 23.4 Å². The molecule has 0 radical (unpaired) electrons. The number of carbonyl (C=O) groups is 1. The second-order valence-electron chi connectivity index (χ2n) is 7.76. The van der Waals surface area contributed by atoms with E-state index in [9.17, 15) is 4.79 Å². The van der Waals surface area contributed by atoms with Crippen molar-refractivity contribution in [2.45, 2.75) is 57.1 Å². The average molecular weight is 398 g/mol. The molecule has 0 aliphatic heterocycles. The van der Waals surface area contributed by atoms with Gasteiger partial charge in [0.15, 0.2) is 5.65 Å². The van der Waals surface area contributed by atoms with Crippen LogP contribution in [0.5, 0.6) is 0 Å². The van der Waals surface area contributed by atoms with Crippen molar-refractivity contribution in [3.63, 3.8) is 0 Å². The Morgan fingerprint density at radius 3 is 2.89 bits per heavy atom. The van der Waals surface area contributed by atoms with Gasteiger partial charge in [-0.1, -0.05) is 44.5 Å². The summed E-state index contributed by atoms with van der Waals surface area (Å²) in [7, 11) is 2.00. The summed E-state index contributed by atoms with van der Waals surface area (Å²) in [6, 6.07) is 6.72. The summed E-state index contributed by atoms with van der Waals surface area (Å²) in [5, 5.41) is 13.5. The van der Waals surface area contributed by atoms with Gasteiger partial charge >= 0.3 is 0 Å². The molecule has 148 valence electrons. The fourth-order valence-corrected chi connectivity index (χ4v) is 4.67. The number of amides is 1. The zero-order chi connectivity index (χ0) is 19.7. The molecule has 7 heteroatoms. The Morgan fingerprint density at radius 1 is 1.29 bits per heavy atom. The first kappa shape index (κ1) is 19.2. The van der Waals surface area contributed by atoms with Gasteiger partial charge in [0.25, 0.3) is 0 Å². The van der Waals surface area contributed by atoms with Crippen LogP contribution >= 0.6 is 11.8 Å². The molecule has 0 bridgehead atoms. The minimum atomic E-state index is 0.0528. The molecule has 1 saturated carbocycles. The molecule has 2 heterocycles. The first-order valence-electron chi connectivity index (χ1n) is 10.1. The summed E-state index contributed by atoms with van der Waals surface area (Å²) >= 11 is 1.35. The van der Waals surface area contributed by atoms with Crippen LogP contribution in [-0.4, -0.2) is 37.5 Å². The Morgan fingerprint density at radius 2 is 2.11 bits per heavy atom. The van der Waals surface area contributed by atoms with Crippen molar-refractivity contribution in [2.24, 2.45) is 13.0 Å². The quantitative estimate of drug-likeness (QED) is 0.662. The molecule has 1 aliphatic carbocycles. The molecule has 1 aliphatic rings. The number of nitrogens with one attached hydrogen (secondary N) is 1. The minimum absolute atomic E-state index is 0.0528. The maximum Gasteiger partial charge on any atom is 0.230 e. The van der Waals surface area contributed by atoms with Crippen molar-refractivity contribution in [1.82, 2.24) is 25.1 Å². The topological polar surface area (TPSA) is 72.7 Å². The van der Waals surface area contributed by atoms with Gasteiger partial charge in [-0.3, -0.25) is 4.79 Å². The predicted octanol–water partition coefficient (Wildman–Crippen LogP) is 3.87. The summed E-state index contributed by atoms with van der Waals surface area (Å²) in [5.41, 5.74) is 3.99. The summed E-state index contributed by atoms with van der Waals surface area (Å²) in [4.78, 5) is 17.0. The summed E-state index contributed by atoms with van der Waals surface area (Å²) in [5.74, 6) is 0.929. The zero-order valence-electron chi connectivity index (χ0n) is 16.7. The first-order valence-corrected chi connectivity index (χ1v) is 11.1. The van der Waals surface area contributed by atoms with Crippen LogP contribution in [0.4, 0.5) is 0 Å². The lowest BCUT2D eigenvalue weighted by Gasteiger charge is -2.29. The number of fused-ring (bicyclic) bond motifs is 3. The van der Waals surface area contributed by atoms with Crippen molar-refractivity contribution < 1.29 is 4.79 Å². The molecule has 1 N–H and O–H groups in total. The fraction of sp³-hybridized carbons (Fsp3) is 0.524. The number of thioether (sulfide) groups is 1. The van der Waals surface area contributed by atoms with Gasteiger partial charge in [0, 0.05) is 18.5 Å². The van der Waals surface area contributed by atoms with Crippen LogP contribution < -0.4 is 5.32 Å². The molecular weight excluding hydrogens is 370 g/mol. The third-order valence-corrected chi connectivity index (χ3v) is 6.68.